The van der Waals surface area contributed by atoms with Crippen LogP contribution in [-0.4, -0.2) is 25.2 Å². The molecule has 0 saturated heterocycles. The van der Waals surface area contributed by atoms with E-state index in [-0.39, 0.29) is 19.0 Å². The minimum Gasteiger partial charge on any atom is -0.491 e. The fourth-order valence-electron chi connectivity index (χ4n) is 2.84. The number of benzene rings is 2. The minimum atomic E-state index is -0.255. The van der Waals surface area contributed by atoms with Crippen LogP contribution in [0.5, 0.6) is 11.6 Å². The van der Waals surface area contributed by atoms with Gasteiger partial charge < -0.3 is 14.2 Å². The van der Waals surface area contributed by atoms with E-state index in [9.17, 15) is 4.79 Å². The van der Waals surface area contributed by atoms with Gasteiger partial charge in [-0.05, 0) is 5.56 Å². The predicted molar refractivity (Wildman–Crippen MR) is 99.4 cm³/mol. The summed E-state index contributed by atoms with van der Waals surface area (Å²) in [6, 6.07) is 17.4. The molecule has 5 nitrogen and oxygen atoms in total. The third-order valence-corrected chi connectivity index (χ3v) is 4.12. The number of nitrogens with zero attached hydrogens (tertiary/aromatic N) is 1. The average molecular weight is 351 g/mol. The molecule has 1 aromatic heterocycles. The van der Waals surface area contributed by atoms with Crippen molar-refractivity contribution in [3.8, 4) is 11.6 Å². The molecule has 0 spiro atoms. The van der Waals surface area contributed by atoms with E-state index in [4.69, 9.17) is 14.2 Å². The summed E-state index contributed by atoms with van der Waals surface area (Å²) in [6.07, 6.45) is 0.716. The molecule has 5 heteroatoms. The van der Waals surface area contributed by atoms with Crippen LogP contribution in [0.25, 0.3) is 10.8 Å². The highest BCUT2D eigenvalue weighted by Gasteiger charge is 2.16. The zero-order valence-corrected chi connectivity index (χ0v) is 14.9. The summed E-state index contributed by atoms with van der Waals surface area (Å²) >= 11 is 0. The fraction of sp³-hybridized carbons (Fsp3) is 0.238. The van der Waals surface area contributed by atoms with Gasteiger partial charge in [-0.25, -0.2) is 4.98 Å². The molecule has 26 heavy (non-hydrogen) atoms. The van der Waals surface area contributed by atoms with E-state index in [2.05, 4.69) is 4.98 Å². The van der Waals surface area contributed by atoms with Crippen molar-refractivity contribution in [1.29, 1.82) is 0 Å². The number of fused-ring (bicyclic) bond motifs is 1. The van der Waals surface area contributed by atoms with E-state index in [0.717, 1.165) is 22.0 Å². The molecule has 0 bridgehead atoms. The molecule has 0 radical (unpaired) electrons. The summed E-state index contributed by atoms with van der Waals surface area (Å²) in [4.78, 5) is 16.6. The minimum absolute atomic E-state index is 0.249. The summed E-state index contributed by atoms with van der Waals surface area (Å²) < 4.78 is 16.1. The third kappa shape index (κ3) is 3.94. The number of hydrogen-bond donors (Lipinski definition) is 0. The van der Waals surface area contributed by atoms with Gasteiger partial charge in [-0.15, -0.1) is 0 Å². The van der Waals surface area contributed by atoms with E-state index in [0.29, 0.717) is 18.1 Å². The van der Waals surface area contributed by atoms with E-state index in [1.807, 2.05) is 54.6 Å². The molecule has 0 fully saturated rings. The largest absolute Gasteiger partial charge is 0.491 e. The lowest BCUT2D eigenvalue weighted by molar-refractivity contribution is -0.144. The van der Waals surface area contributed by atoms with Crippen LogP contribution in [0.2, 0.25) is 0 Å². The van der Waals surface area contributed by atoms with E-state index < -0.39 is 0 Å². The van der Waals surface area contributed by atoms with Crippen molar-refractivity contribution < 1.29 is 19.0 Å². The quantitative estimate of drug-likeness (QED) is 0.604. The maximum absolute atomic E-state index is 12.1. The lowest BCUT2D eigenvalue weighted by Crippen LogP contribution is -2.07. The highest BCUT2D eigenvalue weighted by molar-refractivity contribution is 5.92. The first kappa shape index (κ1) is 17.7. The van der Waals surface area contributed by atoms with Crippen molar-refractivity contribution >= 4 is 16.7 Å². The SMILES string of the molecule is COc1nc(CCC(=O)OCc2ccccc2)c2ccccc2c1OC. The molecule has 0 N–H and O–H groups in total. The van der Waals surface area contributed by atoms with Crippen LogP contribution in [0.4, 0.5) is 0 Å². The number of methoxy groups -OCH3 is 2. The van der Waals surface area contributed by atoms with Gasteiger partial charge in [0.2, 0.25) is 0 Å². The Bertz CT molecular complexity index is 893. The second-order valence-corrected chi connectivity index (χ2v) is 5.79. The molecular formula is C21H21NO4. The zero-order valence-electron chi connectivity index (χ0n) is 14.9. The second-order valence-electron chi connectivity index (χ2n) is 5.79. The number of pyridine rings is 1. The van der Waals surface area contributed by atoms with Gasteiger partial charge in [0.05, 0.1) is 26.3 Å². The van der Waals surface area contributed by atoms with Crippen LogP contribution in [0.3, 0.4) is 0 Å². The molecule has 134 valence electrons. The first-order chi connectivity index (χ1) is 12.7. The van der Waals surface area contributed by atoms with Crippen LogP contribution >= 0.6 is 0 Å². The Morgan fingerprint density at radius 3 is 2.31 bits per heavy atom. The van der Waals surface area contributed by atoms with Crippen LogP contribution in [-0.2, 0) is 22.6 Å². The van der Waals surface area contributed by atoms with Crippen molar-refractivity contribution in [2.24, 2.45) is 0 Å². The van der Waals surface area contributed by atoms with Crippen LogP contribution in [0.1, 0.15) is 17.7 Å². The van der Waals surface area contributed by atoms with Gasteiger partial charge in [0.1, 0.15) is 6.61 Å². The van der Waals surface area contributed by atoms with E-state index >= 15 is 0 Å². The smallest absolute Gasteiger partial charge is 0.306 e. The summed E-state index contributed by atoms with van der Waals surface area (Å²) in [5, 5.41) is 1.86. The molecule has 1 heterocycles. The maximum atomic E-state index is 12.1. The Hall–Kier alpha value is -3.08. The molecule has 2 aromatic carbocycles. The second kappa shape index (κ2) is 8.34. The zero-order chi connectivity index (χ0) is 18.4. The number of carbonyl (C=O) groups excluding carboxylic acids is 1. The average Bonchev–Trinajstić information content (AvgIpc) is 2.70. The standard InChI is InChI=1S/C21H21NO4/c1-24-20-17-11-7-6-10-16(17)18(22-21(20)25-2)12-13-19(23)26-14-15-8-4-3-5-9-15/h3-11H,12-14H2,1-2H3. The van der Waals surface area contributed by atoms with Crippen LogP contribution in [0.15, 0.2) is 54.6 Å². The van der Waals surface area contributed by atoms with Crippen molar-refractivity contribution in [2.75, 3.05) is 14.2 Å². The number of carbonyl (C=O) groups is 1. The Balaban J connectivity index is 1.73. The summed E-state index contributed by atoms with van der Waals surface area (Å²) in [5.74, 6) is 0.756. The number of ether oxygens (including phenoxy) is 3. The summed E-state index contributed by atoms with van der Waals surface area (Å²) in [5.41, 5.74) is 1.76. The first-order valence-corrected chi connectivity index (χ1v) is 8.42. The number of rotatable bonds is 7. The number of hydrogen-bond acceptors (Lipinski definition) is 5. The van der Waals surface area contributed by atoms with Crippen LogP contribution in [0, 0.1) is 0 Å². The molecule has 0 unspecified atom stereocenters. The normalized spacial score (nSPS) is 10.5. The van der Waals surface area contributed by atoms with Gasteiger partial charge in [-0.3, -0.25) is 4.79 Å². The number of esters is 1. The van der Waals surface area contributed by atoms with Crippen molar-refractivity contribution in [2.45, 2.75) is 19.4 Å². The van der Waals surface area contributed by atoms with E-state index in [1.54, 1.807) is 14.2 Å². The molecule has 0 amide bonds. The molecule has 0 aliphatic heterocycles. The fourth-order valence-corrected chi connectivity index (χ4v) is 2.84. The van der Waals surface area contributed by atoms with Gasteiger partial charge in [0, 0.05) is 17.2 Å². The topological polar surface area (TPSA) is 57.7 Å². The Morgan fingerprint density at radius 1 is 0.923 bits per heavy atom. The van der Waals surface area contributed by atoms with Crippen molar-refractivity contribution in [3.63, 3.8) is 0 Å². The monoisotopic (exact) mass is 351 g/mol. The Morgan fingerprint density at radius 2 is 1.62 bits per heavy atom. The summed E-state index contributed by atoms with van der Waals surface area (Å²) in [6.45, 7) is 0.278. The van der Waals surface area contributed by atoms with Crippen molar-refractivity contribution in [3.05, 3.63) is 65.9 Å². The molecule has 3 aromatic rings. The van der Waals surface area contributed by atoms with E-state index in [1.165, 1.54) is 0 Å². The molecule has 0 aliphatic rings. The van der Waals surface area contributed by atoms with Gasteiger partial charge in [0.15, 0.2) is 5.75 Å². The lowest BCUT2D eigenvalue weighted by atomic mass is 10.1. The first-order valence-electron chi connectivity index (χ1n) is 8.42. The van der Waals surface area contributed by atoms with Gasteiger partial charge >= 0.3 is 5.97 Å². The predicted octanol–water partition coefficient (Wildman–Crippen LogP) is 3.93. The van der Waals surface area contributed by atoms with Gasteiger partial charge in [-0.1, -0.05) is 54.6 Å². The Kier molecular flexibility index (Phi) is 5.69. The molecule has 3 rings (SSSR count). The highest BCUT2D eigenvalue weighted by atomic mass is 16.5. The molecule has 0 atom stereocenters. The van der Waals surface area contributed by atoms with Crippen molar-refractivity contribution in [1.82, 2.24) is 4.98 Å². The number of aryl methyl sites for hydroxylation is 1. The molecule has 0 saturated carbocycles. The molecular weight excluding hydrogens is 330 g/mol. The highest BCUT2D eigenvalue weighted by Crippen LogP contribution is 2.35. The number of aromatic nitrogens is 1. The Labute approximate surface area is 152 Å². The lowest BCUT2D eigenvalue weighted by Gasteiger charge is -2.13. The summed E-state index contributed by atoms with van der Waals surface area (Å²) in [7, 11) is 3.14. The van der Waals surface area contributed by atoms with Crippen LogP contribution < -0.4 is 9.47 Å². The maximum Gasteiger partial charge on any atom is 0.306 e. The van der Waals surface area contributed by atoms with Gasteiger partial charge in [0.25, 0.3) is 5.88 Å². The van der Waals surface area contributed by atoms with Gasteiger partial charge in [-0.2, -0.15) is 0 Å². The third-order valence-electron chi connectivity index (χ3n) is 4.12. The molecule has 0 aliphatic carbocycles.